The number of nitrogens with zero attached hydrogens (tertiary/aromatic N) is 1. The Labute approximate surface area is 129 Å². The minimum Gasteiger partial charge on any atom is -0.294 e. The van der Waals surface area contributed by atoms with Crippen LogP contribution in [-0.2, 0) is 6.42 Å². The average Bonchev–Trinajstić information content (AvgIpc) is 2.50. The zero-order valence-corrected chi connectivity index (χ0v) is 12.6. The standard InChI is InChI=1S/C17H11BrFNO/c18-13-6-7-15(19)12(9-13)10-16(21)14-5-1-3-11-4-2-8-20-17(11)14/h1-9H,10H2. The summed E-state index contributed by atoms with van der Waals surface area (Å²) in [6, 6.07) is 13.8. The van der Waals surface area contributed by atoms with Crippen LogP contribution >= 0.6 is 15.9 Å². The van der Waals surface area contributed by atoms with Crippen LogP contribution < -0.4 is 0 Å². The Morgan fingerprint density at radius 1 is 1.14 bits per heavy atom. The summed E-state index contributed by atoms with van der Waals surface area (Å²) in [6.07, 6.45) is 1.67. The van der Waals surface area contributed by atoms with Crippen molar-refractivity contribution < 1.29 is 9.18 Å². The summed E-state index contributed by atoms with van der Waals surface area (Å²) < 4.78 is 14.5. The molecule has 0 atom stereocenters. The second-order valence-electron chi connectivity index (χ2n) is 4.72. The second kappa shape index (κ2) is 5.74. The molecule has 0 fully saturated rings. The molecule has 0 aliphatic rings. The third-order valence-corrected chi connectivity index (χ3v) is 3.79. The van der Waals surface area contributed by atoms with E-state index in [0.29, 0.717) is 16.6 Å². The van der Waals surface area contributed by atoms with Crippen LogP contribution in [0.1, 0.15) is 15.9 Å². The highest BCUT2D eigenvalue weighted by Gasteiger charge is 2.14. The second-order valence-corrected chi connectivity index (χ2v) is 5.63. The van der Waals surface area contributed by atoms with Gasteiger partial charge >= 0.3 is 0 Å². The van der Waals surface area contributed by atoms with Gasteiger partial charge in [-0.2, -0.15) is 0 Å². The van der Waals surface area contributed by atoms with Crippen LogP contribution in [0.3, 0.4) is 0 Å². The van der Waals surface area contributed by atoms with E-state index in [1.165, 1.54) is 6.07 Å². The molecular weight excluding hydrogens is 333 g/mol. The van der Waals surface area contributed by atoms with E-state index in [0.717, 1.165) is 9.86 Å². The number of fused-ring (bicyclic) bond motifs is 1. The van der Waals surface area contributed by atoms with E-state index in [2.05, 4.69) is 20.9 Å². The van der Waals surface area contributed by atoms with Crippen LogP contribution in [0.2, 0.25) is 0 Å². The Morgan fingerprint density at radius 3 is 2.81 bits per heavy atom. The third-order valence-electron chi connectivity index (χ3n) is 3.29. The Kier molecular flexibility index (Phi) is 3.80. The van der Waals surface area contributed by atoms with Crippen molar-refractivity contribution >= 4 is 32.6 Å². The van der Waals surface area contributed by atoms with E-state index in [1.54, 1.807) is 24.4 Å². The molecule has 0 amide bonds. The highest BCUT2D eigenvalue weighted by atomic mass is 79.9. The van der Waals surface area contributed by atoms with Crippen LogP contribution in [0.5, 0.6) is 0 Å². The molecule has 0 N–H and O–H groups in total. The van der Waals surface area contributed by atoms with Gasteiger partial charge in [-0.15, -0.1) is 0 Å². The predicted molar refractivity (Wildman–Crippen MR) is 83.9 cm³/mol. The van der Waals surface area contributed by atoms with Gasteiger partial charge in [-0.1, -0.05) is 34.1 Å². The molecule has 3 rings (SSSR count). The summed E-state index contributed by atoms with van der Waals surface area (Å²) in [6.45, 7) is 0. The quantitative estimate of drug-likeness (QED) is 0.652. The lowest BCUT2D eigenvalue weighted by Gasteiger charge is -2.06. The van der Waals surface area contributed by atoms with Crippen LogP contribution in [0.4, 0.5) is 4.39 Å². The molecule has 1 heterocycles. The summed E-state index contributed by atoms with van der Waals surface area (Å²) >= 11 is 3.29. The number of hydrogen-bond acceptors (Lipinski definition) is 2. The molecule has 1 aromatic heterocycles. The maximum atomic E-state index is 13.8. The van der Waals surface area contributed by atoms with Crippen molar-refractivity contribution in [3.63, 3.8) is 0 Å². The van der Waals surface area contributed by atoms with Crippen LogP contribution in [0, 0.1) is 5.82 Å². The van der Waals surface area contributed by atoms with E-state index in [-0.39, 0.29) is 18.0 Å². The fourth-order valence-electron chi connectivity index (χ4n) is 2.28. The summed E-state index contributed by atoms with van der Waals surface area (Å²) in [5.74, 6) is -0.518. The van der Waals surface area contributed by atoms with Gasteiger partial charge in [0.25, 0.3) is 0 Å². The lowest BCUT2D eigenvalue weighted by Crippen LogP contribution is -2.06. The van der Waals surface area contributed by atoms with Crippen molar-refractivity contribution in [1.29, 1.82) is 0 Å². The van der Waals surface area contributed by atoms with Gasteiger partial charge in [0.15, 0.2) is 5.78 Å². The summed E-state index contributed by atoms with van der Waals surface area (Å²) in [7, 11) is 0. The summed E-state index contributed by atoms with van der Waals surface area (Å²) in [5, 5.41) is 0.901. The van der Waals surface area contributed by atoms with Gasteiger partial charge in [0.05, 0.1) is 5.52 Å². The highest BCUT2D eigenvalue weighted by molar-refractivity contribution is 9.10. The van der Waals surface area contributed by atoms with Gasteiger partial charge in [0.1, 0.15) is 5.82 Å². The third kappa shape index (κ3) is 2.85. The van der Waals surface area contributed by atoms with E-state index < -0.39 is 0 Å². The number of benzene rings is 2. The lowest BCUT2D eigenvalue weighted by molar-refractivity contribution is 0.0993. The van der Waals surface area contributed by atoms with Gasteiger partial charge in [-0.3, -0.25) is 9.78 Å². The zero-order valence-electron chi connectivity index (χ0n) is 11.0. The topological polar surface area (TPSA) is 30.0 Å². The number of carbonyl (C=O) groups is 1. The molecule has 0 saturated carbocycles. The van der Waals surface area contributed by atoms with Gasteiger partial charge in [0, 0.05) is 28.0 Å². The Hall–Kier alpha value is -2.07. The van der Waals surface area contributed by atoms with Crippen LogP contribution in [0.15, 0.2) is 59.2 Å². The lowest BCUT2D eigenvalue weighted by atomic mass is 10.00. The molecule has 0 aliphatic heterocycles. The number of aromatic nitrogens is 1. The van der Waals surface area contributed by atoms with Crippen LogP contribution in [0.25, 0.3) is 10.9 Å². The number of para-hydroxylation sites is 1. The number of carbonyl (C=O) groups excluding carboxylic acids is 1. The first-order valence-corrected chi connectivity index (χ1v) is 7.25. The molecule has 2 aromatic carbocycles. The first kappa shape index (κ1) is 13.9. The zero-order chi connectivity index (χ0) is 14.8. The van der Waals surface area contributed by atoms with Crippen molar-refractivity contribution in [3.8, 4) is 0 Å². The van der Waals surface area contributed by atoms with Crippen molar-refractivity contribution in [2.24, 2.45) is 0 Å². The molecule has 0 saturated heterocycles. The molecule has 0 radical (unpaired) electrons. The van der Waals surface area contributed by atoms with Crippen LogP contribution in [-0.4, -0.2) is 10.8 Å². The molecule has 0 bridgehead atoms. The number of pyridine rings is 1. The SMILES string of the molecule is O=C(Cc1cc(Br)ccc1F)c1cccc2cccnc12. The van der Waals surface area contributed by atoms with Crippen molar-refractivity contribution in [3.05, 3.63) is 76.1 Å². The maximum Gasteiger partial charge on any atom is 0.169 e. The monoisotopic (exact) mass is 343 g/mol. The molecule has 21 heavy (non-hydrogen) atoms. The Balaban J connectivity index is 1.99. The van der Waals surface area contributed by atoms with Crippen molar-refractivity contribution in [1.82, 2.24) is 4.98 Å². The minimum atomic E-state index is -0.375. The molecule has 2 nitrogen and oxygen atoms in total. The minimum absolute atomic E-state index is 0.0148. The van der Waals surface area contributed by atoms with Gasteiger partial charge < -0.3 is 0 Å². The summed E-state index contributed by atoms with van der Waals surface area (Å²) in [4.78, 5) is 16.7. The molecule has 0 spiro atoms. The molecule has 3 aromatic rings. The molecule has 0 unspecified atom stereocenters. The number of Topliss-reactive ketones (excluding diaryl/α,β-unsaturated/α-hetero) is 1. The van der Waals surface area contributed by atoms with E-state index in [1.807, 2.05) is 24.3 Å². The smallest absolute Gasteiger partial charge is 0.169 e. The predicted octanol–water partition coefficient (Wildman–Crippen LogP) is 4.56. The number of rotatable bonds is 3. The first-order chi connectivity index (χ1) is 10.1. The van der Waals surface area contributed by atoms with E-state index in [9.17, 15) is 9.18 Å². The van der Waals surface area contributed by atoms with Gasteiger partial charge in [0.2, 0.25) is 0 Å². The number of ketones is 1. The van der Waals surface area contributed by atoms with Crippen molar-refractivity contribution in [2.75, 3.05) is 0 Å². The summed E-state index contributed by atoms with van der Waals surface area (Å²) in [5.41, 5.74) is 1.55. The fourth-order valence-corrected chi connectivity index (χ4v) is 2.68. The Bertz CT molecular complexity index is 827. The fraction of sp³-hybridized carbons (Fsp3) is 0.0588. The Morgan fingerprint density at radius 2 is 1.95 bits per heavy atom. The molecule has 4 heteroatoms. The number of halogens is 2. The largest absolute Gasteiger partial charge is 0.294 e. The number of hydrogen-bond donors (Lipinski definition) is 0. The molecule has 104 valence electrons. The maximum absolute atomic E-state index is 13.8. The highest BCUT2D eigenvalue weighted by Crippen LogP contribution is 2.21. The normalized spacial score (nSPS) is 10.8. The van der Waals surface area contributed by atoms with Crippen molar-refractivity contribution in [2.45, 2.75) is 6.42 Å². The first-order valence-electron chi connectivity index (χ1n) is 6.46. The molecular formula is C17H11BrFNO. The van der Waals surface area contributed by atoms with E-state index in [4.69, 9.17) is 0 Å². The van der Waals surface area contributed by atoms with Gasteiger partial charge in [-0.05, 0) is 35.9 Å². The van der Waals surface area contributed by atoms with Gasteiger partial charge in [-0.25, -0.2) is 4.39 Å². The van der Waals surface area contributed by atoms with E-state index >= 15 is 0 Å². The molecule has 0 aliphatic carbocycles. The average molecular weight is 344 g/mol.